The molecular formula is C13H11NO2. The van der Waals surface area contributed by atoms with E-state index in [1.54, 1.807) is 0 Å². The Kier molecular flexibility index (Phi) is 2.13. The Balaban J connectivity index is 2.39. The van der Waals surface area contributed by atoms with E-state index >= 15 is 0 Å². The largest absolute Gasteiger partial charge is 0.456 e. The lowest BCUT2D eigenvalue weighted by atomic mass is 10.1. The van der Waals surface area contributed by atoms with E-state index in [-0.39, 0.29) is 0 Å². The average Bonchev–Trinajstić information content (AvgIpc) is 2.69. The summed E-state index contributed by atoms with van der Waals surface area (Å²) in [6.45, 7) is 0.386. The van der Waals surface area contributed by atoms with Crippen LogP contribution in [0.4, 0.5) is 0 Å². The quantitative estimate of drug-likeness (QED) is 0.643. The van der Waals surface area contributed by atoms with Gasteiger partial charge in [-0.3, -0.25) is 0 Å². The van der Waals surface area contributed by atoms with Crippen molar-refractivity contribution in [2.45, 2.75) is 6.54 Å². The van der Waals surface area contributed by atoms with Gasteiger partial charge >= 0.3 is 0 Å². The normalized spacial score (nSPS) is 11.3. The second-order valence-corrected chi connectivity index (χ2v) is 3.73. The predicted octanol–water partition coefficient (Wildman–Crippen LogP) is 3.06. The predicted molar refractivity (Wildman–Crippen MR) is 62.3 cm³/mol. The second kappa shape index (κ2) is 3.63. The maximum Gasteiger partial charge on any atom is 0.139 e. The second-order valence-electron chi connectivity index (χ2n) is 3.73. The molecule has 3 aromatic rings. The molecule has 1 heterocycles. The molecule has 2 aromatic carbocycles. The summed E-state index contributed by atoms with van der Waals surface area (Å²) in [6, 6.07) is 13.9. The Labute approximate surface area is 92.3 Å². The fourth-order valence-electron chi connectivity index (χ4n) is 2.03. The Hall–Kier alpha value is -1.84. The maximum atomic E-state index is 8.76. The minimum Gasteiger partial charge on any atom is -0.456 e. The lowest BCUT2D eigenvalue weighted by Gasteiger charge is -1.99. The van der Waals surface area contributed by atoms with Gasteiger partial charge in [-0.25, -0.2) is 5.48 Å². The van der Waals surface area contributed by atoms with E-state index < -0.39 is 0 Å². The van der Waals surface area contributed by atoms with Gasteiger partial charge in [-0.05, 0) is 6.07 Å². The van der Waals surface area contributed by atoms with Crippen LogP contribution in [0.15, 0.2) is 46.9 Å². The molecule has 0 aliphatic rings. The highest BCUT2D eigenvalue weighted by Gasteiger charge is 2.09. The highest BCUT2D eigenvalue weighted by atomic mass is 16.5. The summed E-state index contributed by atoms with van der Waals surface area (Å²) in [5.41, 5.74) is 4.83. The van der Waals surface area contributed by atoms with E-state index in [2.05, 4.69) is 5.48 Å². The molecule has 0 atom stereocenters. The van der Waals surface area contributed by atoms with E-state index in [4.69, 9.17) is 9.62 Å². The molecule has 80 valence electrons. The number of hydrogen-bond donors (Lipinski definition) is 2. The molecule has 3 rings (SSSR count). The van der Waals surface area contributed by atoms with Crippen molar-refractivity contribution in [2.24, 2.45) is 0 Å². The van der Waals surface area contributed by atoms with Gasteiger partial charge in [-0.2, -0.15) is 0 Å². The van der Waals surface area contributed by atoms with Gasteiger partial charge in [0.2, 0.25) is 0 Å². The third-order valence-corrected chi connectivity index (χ3v) is 2.76. The zero-order valence-electron chi connectivity index (χ0n) is 8.60. The number of hydrogen-bond acceptors (Lipinski definition) is 3. The number of para-hydroxylation sites is 2. The summed E-state index contributed by atoms with van der Waals surface area (Å²) in [6.07, 6.45) is 0. The zero-order valence-corrected chi connectivity index (χ0v) is 8.60. The van der Waals surface area contributed by atoms with Crippen LogP contribution in [0.2, 0.25) is 0 Å². The zero-order chi connectivity index (χ0) is 11.0. The molecule has 0 aliphatic carbocycles. The minimum atomic E-state index is 0.386. The van der Waals surface area contributed by atoms with E-state index in [0.29, 0.717) is 6.54 Å². The first-order valence-electron chi connectivity index (χ1n) is 5.16. The number of nitrogens with one attached hydrogen (secondary N) is 1. The van der Waals surface area contributed by atoms with Crippen molar-refractivity contribution in [3.05, 3.63) is 48.0 Å². The molecule has 0 spiro atoms. The van der Waals surface area contributed by atoms with Crippen LogP contribution in [0, 0.1) is 0 Å². The summed E-state index contributed by atoms with van der Waals surface area (Å²) in [5.74, 6) is 0. The van der Waals surface area contributed by atoms with Gasteiger partial charge in [0, 0.05) is 22.9 Å². The highest BCUT2D eigenvalue weighted by Crippen LogP contribution is 2.30. The number of benzene rings is 2. The van der Waals surface area contributed by atoms with E-state index in [1.165, 1.54) is 0 Å². The van der Waals surface area contributed by atoms with Crippen LogP contribution < -0.4 is 5.48 Å². The van der Waals surface area contributed by atoms with Crippen LogP contribution in [0.25, 0.3) is 21.9 Å². The van der Waals surface area contributed by atoms with Crippen LogP contribution in [-0.2, 0) is 6.54 Å². The average molecular weight is 213 g/mol. The van der Waals surface area contributed by atoms with Crippen molar-refractivity contribution < 1.29 is 9.62 Å². The molecule has 0 bridgehead atoms. The van der Waals surface area contributed by atoms with Crippen LogP contribution in [0.1, 0.15) is 5.56 Å². The fourth-order valence-corrected chi connectivity index (χ4v) is 2.03. The molecule has 0 radical (unpaired) electrons. The molecule has 3 nitrogen and oxygen atoms in total. The monoisotopic (exact) mass is 213 g/mol. The number of furan rings is 1. The number of hydroxylamine groups is 1. The smallest absolute Gasteiger partial charge is 0.139 e. The van der Waals surface area contributed by atoms with Crippen molar-refractivity contribution in [3.8, 4) is 0 Å². The third kappa shape index (κ3) is 1.30. The molecule has 3 heteroatoms. The van der Waals surface area contributed by atoms with Gasteiger partial charge in [0.25, 0.3) is 0 Å². The Bertz CT molecular complexity index is 643. The molecule has 0 aliphatic heterocycles. The molecule has 0 saturated carbocycles. The van der Waals surface area contributed by atoms with Gasteiger partial charge in [0.05, 0.1) is 0 Å². The Morgan fingerprint density at radius 2 is 1.81 bits per heavy atom. The molecule has 0 fully saturated rings. The van der Waals surface area contributed by atoms with E-state index in [0.717, 1.165) is 27.5 Å². The Morgan fingerprint density at radius 3 is 2.69 bits per heavy atom. The summed E-state index contributed by atoms with van der Waals surface area (Å²) in [5, 5.41) is 11.0. The third-order valence-electron chi connectivity index (χ3n) is 2.76. The van der Waals surface area contributed by atoms with Crippen LogP contribution >= 0.6 is 0 Å². The molecule has 0 amide bonds. The van der Waals surface area contributed by atoms with Gasteiger partial charge in [-0.15, -0.1) is 0 Å². The lowest BCUT2D eigenvalue weighted by Crippen LogP contribution is -2.05. The SMILES string of the molecule is ONCc1cccc2c1oc1ccccc12. The van der Waals surface area contributed by atoms with Crippen molar-refractivity contribution in [1.82, 2.24) is 5.48 Å². The summed E-state index contributed by atoms with van der Waals surface area (Å²) in [4.78, 5) is 0. The molecule has 0 saturated heterocycles. The number of fused-ring (bicyclic) bond motifs is 3. The first kappa shape index (κ1) is 9.39. The van der Waals surface area contributed by atoms with Crippen LogP contribution in [0.5, 0.6) is 0 Å². The summed E-state index contributed by atoms with van der Waals surface area (Å²) in [7, 11) is 0. The minimum absolute atomic E-state index is 0.386. The van der Waals surface area contributed by atoms with Crippen molar-refractivity contribution in [3.63, 3.8) is 0 Å². The van der Waals surface area contributed by atoms with Crippen LogP contribution in [-0.4, -0.2) is 5.21 Å². The standard InChI is InChI=1S/C13H11NO2/c15-14-8-9-4-3-6-11-10-5-1-2-7-12(10)16-13(9)11/h1-7,14-15H,8H2. The molecule has 16 heavy (non-hydrogen) atoms. The summed E-state index contributed by atoms with van der Waals surface area (Å²) >= 11 is 0. The first-order valence-corrected chi connectivity index (χ1v) is 5.16. The Morgan fingerprint density at radius 1 is 1.00 bits per heavy atom. The highest BCUT2D eigenvalue weighted by molar-refractivity contribution is 6.05. The maximum absolute atomic E-state index is 8.76. The van der Waals surface area contributed by atoms with Crippen molar-refractivity contribution in [1.29, 1.82) is 0 Å². The fraction of sp³-hybridized carbons (Fsp3) is 0.0769. The number of rotatable bonds is 2. The van der Waals surface area contributed by atoms with Gasteiger partial charge in [0.1, 0.15) is 11.2 Å². The lowest BCUT2D eigenvalue weighted by molar-refractivity contribution is 0.161. The van der Waals surface area contributed by atoms with E-state index in [1.807, 2.05) is 42.5 Å². The van der Waals surface area contributed by atoms with Gasteiger partial charge in [-0.1, -0.05) is 36.4 Å². The molecule has 2 N–H and O–H groups in total. The summed E-state index contributed by atoms with van der Waals surface area (Å²) < 4.78 is 5.78. The van der Waals surface area contributed by atoms with Gasteiger partial charge in [0.15, 0.2) is 0 Å². The van der Waals surface area contributed by atoms with Gasteiger partial charge < -0.3 is 9.62 Å². The first-order chi connectivity index (χ1) is 7.90. The van der Waals surface area contributed by atoms with Crippen molar-refractivity contribution >= 4 is 21.9 Å². The molecule has 1 aromatic heterocycles. The molecular weight excluding hydrogens is 202 g/mol. The topological polar surface area (TPSA) is 45.4 Å². The van der Waals surface area contributed by atoms with Crippen molar-refractivity contribution in [2.75, 3.05) is 0 Å². The van der Waals surface area contributed by atoms with Crippen LogP contribution in [0.3, 0.4) is 0 Å². The van der Waals surface area contributed by atoms with E-state index in [9.17, 15) is 0 Å². The molecule has 0 unspecified atom stereocenters.